The van der Waals surface area contributed by atoms with E-state index in [1.807, 2.05) is 66.7 Å². The SMILES string of the molecule is c1ccc(-c2ccc(N3c4ccccc4Sc4ccccc43)c(-c3nc(-c4ccccc4)nc(-c4ccccc4)n3)c2)cc1. The average molecular weight is 583 g/mol. The first kappa shape index (κ1) is 26.1. The zero-order valence-corrected chi connectivity index (χ0v) is 24.5. The minimum atomic E-state index is 0.624. The maximum atomic E-state index is 5.15. The molecule has 1 aromatic heterocycles. The summed E-state index contributed by atoms with van der Waals surface area (Å²) in [4.78, 5) is 20.0. The van der Waals surface area contributed by atoms with E-state index in [-0.39, 0.29) is 0 Å². The second kappa shape index (κ2) is 11.3. The molecule has 0 radical (unpaired) electrons. The van der Waals surface area contributed by atoms with Gasteiger partial charge in [-0.2, -0.15) is 0 Å². The first-order valence-electron chi connectivity index (χ1n) is 14.5. The summed E-state index contributed by atoms with van der Waals surface area (Å²) in [5.74, 6) is 1.90. The molecular formula is C39H26N4S. The fourth-order valence-electron chi connectivity index (χ4n) is 5.61. The Labute approximate surface area is 260 Å². The lowest BCUT2D eigenvalue weighted by atomic mass is 9.99. The normalized spacial score (nSPS) is 12.0. The molecule has 4 nitrogen and oxygen atoms in total. The number of para-hydroxylation sites is 2. The van der Waals surface area contributed by atoms with E-state index in [9.17, 15) is 0 Å². The molecule has 0 saturated heterocycles. The van der Waals surface area contributed by atoms with Crippen molar-refractivity contribution in [3.8, 4) is 45.3 Å². The van der Waals surface area contributed by atoms with E-state index in [4.69, 9.17) is 15.0 Å². The molecule has 44 heavy (non-hydrogen) atoms. The molecule has 2 heterocycles. The van der Waals surface area contributed by atoms with Crippen LogP contribution in [0.1, 0.15) is 0 Å². The molecule has 1 aliphatic heterocycles. The van der Waals surface area contributed by atoms with Crippen molar-refractivity contribution in [1.29, 1.82) is 0 Å². The Kier molecular flexibility index (Phi) is 6.70. The Morgan fingerprint density at radius 1 is 0.364 bits per heavy atom. The number of nitrogens with zero attached hydrogens (tertiary/aromatic N) is 4. The predicted octanol–water partition coefficient (Wildman–Crippen LogP) is 10.5. The lowest BCUT2D eigenvalue weighted by Gasteiger charge is -2.34. The van der Waals surface area contributed by atoms with Gasteiger partial charge in [0.15, 0.2) is 17.5 Å². The summed E-state index contributed by atoms with van der Waals surface area (Å²) in [6.45, 7) is 0. The van der Waals surface area contributed by atoms with Crippen LogP contribution < -0.4 is 4.90 Å². The number of hydrogen-bond acceptors (Lipinski definition) is 5. The zero-order valence-electron chi connectivity index (χ0n) is 23.7. The largest absolute Gasteiger partial charge is 0.307 e. The first-order valence-corrected chi connectivity index (χ1v) is 15.4. The fraction of sp³-hybridized carbons (Fsp3) is 0. The molecule has 0 spiro atoms. The predicted molar refractivity (Wildman–Crippen MR) is 180 cm³/mol. The average Bonchev–Trinajstić information content (AvgIpc) is 3.11. The Hall–Kier alpha value is -5.52. The topological polar surface area (TPSA) is 41.9 Å². The van der Waals surface area contributed by atoms with Crippen LogP contribution in [0.2, 0.25) is 0 Å². The van der Waals surface area contributed by atoms with Crippen molar-refractivity contribution in [2.75, 3.05) is 4.90 Å². The van der Waals surface area contributed by atoms with Gasteiger partial charge in [-0.25, -0.2) is 15.0 Å². The number of rotatable bonds is 5. The summed E-state index contributed by atoms with van der Waals surface area (Å²) < 4.78 is 0. The number of benzene rings is 6. The molecule has 0 amide bonds. The van der Waals surface area contributed by atoms with Crippen molar-refractivity contribution in [1.82, 2.24) is 15.0 Å². The summed E-state index contributed by atoms with van der Waals surface area (Å²) in [6, 6.07) is 54.5. The van der Waals surface area contributed by atoms with Crippen LogP contribution in [0.25, 0.3) is 45.3 Å². The van der Waals surface area contributed by atoms with Gasteiger partial charge in [-0.3, -0.25) is 0 Å². The zero-order chi connectivity index (χ0) is 29.3. The Balaban J connectivity index is 1.42. The Morgan fingerprint density at radius 3 is 1.36 bits per heavy atom. The van der Waals surface area contributed by atoms with Gasteiger partial charge in [0.25, 0.3) is 0 Å². The highest BCUT2D eigenvalue weighted by Crippen LogP contribution is 2.53. The van der Waals surface area contributed by atoms with Gasteiger partial charge in [-0.15, -0.1) is 0 Å². The molecule has 208 valence electrons. The molecule has 5 heteroatoms. The second-order valence-corrected chi connectivity index (χ2v) is 11.6. The Bertz CT molecular complexity index is 1990. The number of fused-ring (bicyclic) bond motifs is 2. The summed E-state index contributed by atoms with van der Waals surface area (Å²) in [5, 5.41) is 0. The molecule has 0 atom stereocenters. The van der Waals surface area contributed by atoms with Crippen molar-refractivity contribution in [2.24, 2.45) is 0 Å². The van der Waals surface area contributed by atoms with Crippen LogP contribution in [0.4, 0.5) is 17.1 Å². The Morgan fingerprint density at radius 2 is 0.818 bits per heavy atom. The third-order valence-corrected chi connectivity index (χ3v) is 8.85. The van der Waals surface area contributed by atoms with E-state index in [2.05, 4.69) is 95.9 Å². The van der Waals surface area contributed by atoms with Gasteiger partial charge in [0.2, 0.25) is 0 Å². The van der Waals surface area contributed by atoms with Crippen LogP contribution in [-0.4, -0.2) is 15.0 Å². The van der Waals surface area contributed by atoms with Gasteiger partial charge in [-0.1, -0.05) is 133 Å². The fourth-order valence-corrected chi connectivity index (χ4v) is 6.67. The van der Waals surface area contributed by atoms with Gasteiger partial charge in [0.05, 0.1) is 17.1 Å². The summed E-state index contributed by atoms with van der Waals surface area (Å²) in [7, 11) is 0. The molecule has 1 aliphatic rings. The highest BCUT2D eigenvalue weighted by Gasteiger charge is 2.27. The van der Waals surface area contributed by atoms with Gasteiger partial charge in [-0.05, 0) is 47.5 Å². The molecule has 0 N–H and O–H groups in total. The van der Waals surface area contributed by atoms with Crippen molar-refractivity contribution in [3.63, 3.8) is 0 Å². The van der Waals surface area contributed by atoms with E-state index in [0.717, 1.165) is 44.9 Å². The summed E-state index contributed by atoms with van der Waals surface area (Å²) >= 11 is 1.80. The maximum Gasteiger partial charge on any atom is 0.166 e. The smallest absolute Gasteiger partial charge is 0.166 e. The van der Waals surface area contributed by atoms with E-state index >= 15 is 0 Å². The van der Waals surface area contributed by atoms with E-state index in [0.29, 0.717) is 17.5 Å². The number of hydrogen-bond donors (Lipinski definition) is 0. The van der Waals surface area contributed by atoms with Gasteiger partial charge in [0, 0.05) is 26.5 Å². The van der Waals surface area contributed by atoms with Crippen LogP contribution in [0.5, 0.6) is 0 Å². The summed E-state index contributed by atoms with van der Waals surface area (Å²) in [6.07, 6.45) is 0. The summed E-state index contributed by atoms with van der Waals surface area (Å²) in [5.41, 5.74) is 8.32. The van der Waals surface area contributed by atoms with Crippen molar-refractivity contribution < 1.29 is 0 Å². The van der Waals surface area contributed by atoms with Crippen LogP contribution in [0, 0.1) is 0 Å². The molecule has 0 saturated carbocycles. The van der Waals surface area contributed by atoms with Crippen LogP contribution in [0.15, 0.2) is 168 Å². The highest BCUT2D eigenvalue weighted by molar-refractivity contribution is 7.99. The quantitative estimate of drug-likeness (QED) is 0.202. The van der Waals surface area contributed by atoms with Gasteiger partial charge in [0.1, 0.15) is 0 Å². The molecule has 0 fully saturated rings. The third-order valence-electron chi connectivity index (χ3n) is 7.72. The van der Waals surface area contributed by atoms with Crippen LogP contribution in [0.3, 0.4) is 0 Å². The van der Waals surface area contributed by atoms with Crippen LogP contribution in [-0.2, 0) is 0 Å². The lowest BCUT2D eigenvalue weighted by molar-refractivity contribution is 1.07. The van der Waals surface area contributed by atoms with Crippen molar-refractivity contribution in [2.45, 2.75) is 9.79 Å². The second-order valence-electron chi connectivity index (χ2n) is 10.5. The number of anilines is 3. The molecule has 0 bridgehead atoms. The molecule has 8 rings (SSSR count). The molecule has 0 aliphatic carbocycles. The monoisotopic (exact) mass is 582 g/mol. The molecule has 6 aromatic carbocycles. The van der Waals surface area contributed by atoms with E-state index < -0.39 is 0 Å². The van der Waals surface area contributed by atoms with Crippen molar-refractivity contribution in [3.05, 3.63) is 158 Å². The standard InChI is InChI=1S/C39H26N4S/c1-4-14-27(15-5-1)30-24-25-32(43-33-20-10-12-22-35(33)44-36-23-13-11-21-34(36)43)31(26-30)39-41-37(28-16-6-2-7-17-28)40-38(42-39)29-18-8-3-9-19-29/h1-26H. The first-order chi connectivity index (χ1) is 21.8. The maximum absolute atomic E-state index is 5.15. The molecule has 0 unspecified atom stereocenters. The molecular weight excluding hydrogens is 557 g/mol. The van der Waals surface area contributed by atoms with Gasteiger partial charge >= 0.3 is 0 Å². The van der Waals surface area contributed by atoms with Gasteiger partial charge < -0.3 is 4.90 Å². The third kappa shape index (κ3) is 4.83. The highest BCUT2D eigenvalue weighted by atomic mass is 32.2. The van der Waals surface area contributed by atoms with Crippen molar-refractivity contribution >= 4 is 28.8 Å². The number of aromatic nitrogens is 3. The minimum Gasteiger partial charge on any atom is -0.307 e. The van der Waals surface area contributed by atoms with Crippen LogP contribution >= 0.6 is 11.8 Å². The van der Waals surface area contributed by atoms with E-state index in [1.165, 1.54) is 9.79 Å². The minimum absolute atomic E-state index is 0.624. The van der Waals surface area contributed by atoms with E-state index in [1.54, 1.807) is 11.8 Å². The lowest BCUT2D eigenvalue weighted by Crippen LogP contribution is -2.16. The molecule has 7 aromatic rings.